The maximum Gasteiger partial charge on any atom is 0.264 e. The standard InChI is InChI=1S/C8H16O4S/c1-3-7-4-5-8(12-7)6-11-13(2,9)10/h7-8H,3-6H2,1-2H3. The fraction of sp³-hybridized carbons (Fsp3) is 1.00. The minimum Gasteiger partial charge on any atom is -0.373 e. The summed E-state index contributed by atoms with van der Waals surface area (Å²) < 4.78 is 31.5. The molecule has 13 heavy (non-hydrogen) atoms. The quantitative estimate of drug-likeness (QED) is 0.645. The predicted octanol–water partition coefficient (Wildman–Crippen LogP) is 0.920. The molecule has 0 aliphatic carbocycles. The van der Waals surface area contributed by atoms with E-state index in [0.29, 0.717) is 0 Å². The van der Waals surface area contributed by atoms with Crippen LogP contribution in [0.5, 0.6) is 0 Å². The van der Waals surface area contributed by atoms with E-state index >= 15 is 0 Å². The zero-order valence-electron chi connectivity index (χ0n) is 8.02. The normalized spacial score (nSPS) is 29.4. The van der Waals surface area contributed by atoms with Crippen LogP contribution in [0.1, 0.15) is 26.2 Å². The summed E-state index contributed by atoms with van der Waals surface area (Å²) in [7, 11) is -3.32. The summed E-state index contributed by atoms with van der Waals surface area (Å²) in [5.41, 5.74) is 0. The second-order valence-corrected chi connectivity index (χ2v) is 5.00. The van der Waals surface area contributed by atoms with Gasteiger partial charge < -0.3 is 4.74 Å². The molecule has 0 aromatic rings. The molecule has 1 aliphatic heterocycles. The molecule has 2 unspecified atom stereocenters. The molecule has 1 aliphatic rings. The van der Waals surface area contributed by atoms with Crippen LogP contribution in [0.15, 0.2) is 0 Å². The summed E-state index contributed by atoms with van der Waals surface area (Å²) >= 11 is 0. The monoisotopic (exact) mass is 208 g/mol. The van der Waals surface area contributed by atoms with Crippen LogP contribution in [0.2, 0.25) is 0 Å². The van der Waals surface area contributed by atoms with Crippen LogP contribution in [-0.2, 0) is 19.0 Å². The van der Waals surface area contributed by atoms with E-state index in [1.807, 2.05) is 0 Å². The zero-order chi connectivity index (χ0) is 9.90. The lowest BCUT2D eigenvalue weighted by Crippen LogP contribution is -2.19. The van der Waals surface area contributed by atoms with E-state index in [-0.39, 0.29) is 18.8 Å². The lowest BCUT2D eigenvalue weighted by molar-refractivity contribution is 0.0182. The maximum absolute atomic E-state index is 10.7. The summed E-state index contributed by atoms with van der Waals surface area (Å²) in [6, 6.07) is 0. The molecule has 0 saturated carbocycles. The Labute approximate surface area is 79.3 Å². The Hall–Kier alpha value is -0.130. The molecule has 1 fully saturated rings. The Kier molecular flexibility index (Phi) is 3.70. The average molecular weight is 208 g/mol. The van der Waals surface area contributed by atoms with E-state index in [2.05, 4.69) is 11.1 Å². The number of ether oxygens (including phenoxy) is 1. The van der Waals surface area contributed by atoms with Crippen molar-refractivity contribution in [3.05, 3.63) is 0 Å². The predicted molar refractivity (Wildman–Crippen MR) is 49.0 cm³/mol. The van der Waals surface area contributed by atoms with Crippen molar-refractivity contribution < 1.29 is 17.3 Å². The highest BCUT2D eigenvalue weighted by atomic mass is 32.2. The topological polar surface area (TPSA) is 52.6 Å². The summed E-state index contributed by atoms with van der Waals surface area (Å²) in [5.74, 6) is 0. The molecular formula is C8H16O4S. The van der Waals surface area contributed by atoms with Gasteiger partial charge in [0.15, 0.2) is 0 Å². The Bertz CT molecular complexity index is 247. The van der Waals surface area contributed by atoms with Gasteiger partial charge in [-0.1, -0.05) is 6.92 Å². The maximum atomic E-state index is 10.7. The SMILES string of the molecule is CCC1CCC(COS(C)(=O)=O)O1. The van der Waals surface area contributed by atoms with Gasteiger partial charge in [0.1, 0.15) is 0 Å². The van der Waals surface area contributed by atoms with Gasteiger partial charge in [0.2, 0.25) is 0 Å². The molecule has 0 radical (unpaired) electrons. The number of hydrogen-bond acceptors (Lipinski definition) is 4. The second-order valence-electron chi connectivity index (χ2n) is 3.35. The fourth-order valence-corrected chi connectivity index (χ4v) is 1.80. The van der Waals surface area contributed by atoms with E-state index in [1.165, 1.54) is 0 Å². The largest absolute Gasteiger partial charge is 0.373 e. The molecule has 2 atom stereocenters. The van der Waals surface area contributed by atoms with Crippen molar-refractivity contribution in [2.45, 2.75) is 38.4 Å². The van der Waals surface area contributed by atoms with Crippen LogP contribution >= 0.6 is 0 Å². The lowest BCUT2D eigenvalue weighted by Gasteiger charge is -2.11. The van der Waals surface area contributed by atoms with Crippen LogP contribution in [-0.4, -0.2) is 33.5 Å². The summed E-state index contributed by atoms with van der Waals surface area (Å²) in [6.45, 7) is 2.22. The van der Waals surface area contributed by atoms with Gasteiger partial charge in [-0.15, -0.1) is 0 Å². The third-order valence-corrected chi connectivity index (χ3v) is 2.68. The van der Waals surface area contributed by atoms with Crippen LogP contribution in [0.25, 0.3) is 0 Å². The molecule has 1 rings (SSSR count). The van der Waals surface area contributed by atoms with Gasteiger partial charge in [0.25, 0.3) is 10.1 Å². The Morgan fingerprint density at radius 1 is 1.38 bits per heavy atom. The highest BCUT2D eigenvalue weighted by Crippen LogP contribution is 2.22. The van der Waals surface area contributed by atoms with Crippen molar-refractivity contribution in [2.24, 2.45) is 0 Å². The van der Waals surface area contributed by atoms with E-state index in [4.69, 9.17) is 4.74 Å². The summed E-state index contributed by atoms with van der Waals surface area (Å²) in [5, 5.41) is 0. The van der Waals surface area contributed by atoms with Crippen LogP contribution in [0.3, 0.4) is 0 Å². The first kappa shape index (κ1) is 10.9. The molecule has 0 N–H and O–H groups in total. The average Bonchev–Trinajstić information content (AvgIpc) is 2.47. The molecule has 1 heterocycles. The lowest BCUT2D eigenvalue weighted by atomic mass is 10.2. The molecule has 78 valence electrons. The van der Waals surface area contributed by atoms with Gasteiger partial charge in [-0.3, -0.25) is 4.18 Å². The third-order valence-electron chi connectivity index (χ3n) is 2.12. The van der Waals surface area contributed by atoms with E-state index in [0.717, 1.165) is 25.5 Å². The molecule has 0 spiro atoms. The molecule has 0 aromatic carbocycles. The number of hydrogen-bond donors (Lipinski definition) is 0. The van der Waals surface area contributed by atoms with Gasteiger partial charge in [-0.25, -0.2) is 0 Å². The first-order valence-electron chi connectivity index (χ1n) is 4.51. The Morgan fingerprint density at radius 3 is 2.46 bits per heavy atom. The van der Waals surface area contributed by atoms with E-state index < -0.39 is 10.1 Å². The highest BCUT2D eigenvalue weighted by Gasteiger charge is 2.24. The van der Waals surface area contributed by atoms with Crippen molar-refractivity contribution in [1.82, 2.24) is 0 Å². The molecular weight excluding hydrogens is 192 g/mol. The summed E-state index contributed by atoms with van der Waals surface area (Å²) in [4.78, 5) is 0. The van der Waals surface area contributed by atoms with E-state index in [1.54, 1.807) is 0 Å². The second kappa shape index (κ2) is 4.39. The number of rotatable bonds is 4. The van der Waals surface area contributed by atoms with Crippen molar-refractivity contribution in [1.29, 1.82) is 0 Å². The third kappa shape index (κ3) is 4.06. The van der Waals surface area contributed by atoms with Crippen molar-refractivity contribution in [3.8, 4) is 0 Å². The van der Waals surface area contributed by atoms with Crippen molar-refractivity contribution in [2.75, 3.05) is 12.9 Å². The highest BCUT2D eigenvalue weighted by molar-refractivity contribution is 7.85. The molecule has 0 bridgehead atoms. The first-order chi connectivity index (χ1) is 6.01. The van der Waals surface area contributed by atoms with Crippen LogP contribution in [0, 0.1) is 0 Å². The Balaban J connectivity index is 2.25. The van der Waals surface area contributed by atoms with Gasteiger partial charge in [-0.2, -0.15) is 8.42 Å². The minimum absolute atomic E-state index is 0.0420. The molecule has 4 nitrogen and oxygen atoms in total. The van der Waals surface area contributed by atoms with Gasteiger partial charge in [0, 0.05) is 0 Å². The van der Waals surface area contributed by atoms with Crippen LogP contribution < -0.4 is 0 Å². The first-order valence-corrected chi connectivity index (χ1v) is 6.32. The van der Waals surface area contributed by atoms with Crippen molar-refractivity contribution in [3.63, 3.8) is 0 Å². The van der Waals surface area contributed by atoms with Crippen molar-refractivity contribution >= 4 is 10.1 Å². The van der Waals surface area contributed by atoms with Crippen LogP contribution in [0.4, 0.5) is 0 Å². The van der Waals surface area contributed by atoms with Gasteiger partial charge in [0.05, 0.1) is 25.1 Å². The zero-order valence-corrected chi connectivity index (χ0v) is 8.84. The minimum atomic E-state index is -3.32. The van der Waals surface area contributed by atoms with Gasteiger partial charge >= 0.3 is 0 Å². The molecule has 0 aromatic heterocycles. The Morgan fingerprint density at radius 2 is 2.00 bits per heavy atom. The van der Waals surface area contributed by atoms with E-state index in [9.17, 15) is 8.42 Å². The molecule has 0 amide bonds. The summed E-state index contributed by atoms with van der Waals surface area (Å²) in [6.07, 6.45) is 4.18. The smallest absolute Gasteiger partial charge is 0.264 e. The molecule has 1 saturated heterocycles. The molecule has 5 heteroatoms. The van der Waals surface area contributed by atoms with Gasteiger partial charge in [-0.05, 0) is 19.3 Å². The fourth-order valence-electron chi connectivity index (χ4n) is 1.40.